The van der Waals surface area contributed by atoms with Gasteiger partial charge in [-0.3, -0.25) is 4.79 Å². The van der Waals surface area contributed by atoms with Crippen molar-refractivity contribution in [3.05, 3.63) is 51.0 Å². The number of rotatable bonds is 2. The van der Waals surface area contributed by atoms with Crippen LogP contribution in [0.4, 0.5) is 0 Å². The molecule has 1 aliphatic rings. The lowest BCUT2D eigenvalue weighted by atomic mass is 10.1. The van der Waals surface area contributed by atoms with Crippen molar-refractivity contribution in [3.8, 4) is 11.3 Å². The molecule has 1 aromatic carbocycles. The van der Waals surface area contributed by atoms with E-state index in [2.05, 4.69) is 25.9 Å². The Hall–Kier alpha value is -1.42. The summed E-state index contributed by atoms with van der Waals surface area (Å²) in [6.45, 7) is 0. The summed E-state index contributed by atoms with van der Waals surface area (Å²) in [7, 11) is 0. The Morgan fingerprint density at radius 3 is 2.59 bits per heavy atom. The highest BCUT2D eigenvalue weighted by Gasteiger charge is 2.26. The average Bonchev–Trinajstić information content (AvgIpc) is 3.13. The van der Waals surface area contributed by atoms with Crippen molar-refractivity contribution in [1.82, 2.24) is 9.97 Å². The van der Waals surface area contributed by atoms with Crippen LogP contribution in [-0.4, -0.2) is 9.97 Å². The molecule has 0 atom stereocenters. The zero-order chi connectivity index (χ0) is 11.8. The molecule has 1 aliphatic carbocycles. The molecule has 0 radical (unpaired) electrons. The standard InChI is InChI=1S/C13H11BrN2O/c14-10-5-3-8(4-6-10)11-7-12(17)16-13(15-11)9-1-2-9/h3-7,9H,1-2H2,(H,15,16,17). The first-order valence-corrected chi connectivity index (χ1v) is 6.39. The number of aromatic nitrogens is 2. The maximum absolute atomic E-state index is 11.6. The van der Waals surface area contributed by atoms with E-state index in [0.717, 1.165) is 34.4 Å². The van der Waals surface area contributed by atoms with Crippen LogP contribution in [0.2, 0.25) is 0 Å². The first kappa shape index (κ1) is 10.7. The van der Waals surface area contributed by atoms with Crippen LogP contribution in [0.3, 0.4) is 0 Å². The van der Waals surface area contributed by atoms with Gasteiger partial charge < -0.3 is 4.98 Å². The van der Waals surface area contributed by atoms with Crippen LogP contribution in [0.5, 0.6) is 0 Å². The molecule has 2 aromatic rings. The molecule has 0 unspecified atom stereocenters. The van der Waals surface area contributed by atoms with Crippen molar-refractivity contribution < 1.29 is 0 Å². The molecule has 3 nitrogen and oxygen atoms in total. The molecule has 17 heavy (non-hydrogen) atoms. The van der Waals surface area contributed by atoms with Gasteiger partial charge in [-0.15, -0.1) is 0 Å². The lowest BCUT2D eigenvalue weighted by Crippen LogP contribution is -2.10. The minimum atomic E-state index is -0.0696. The van der Waals surface area contributed by atoms with Crippen LogP contribution in [0.15, 0.2) is 39.6 Å². The highest BCUT2D eigenvalue weighted by Crippen LogP contribution is 2.38. The lowest BCUT2D eigenvalue weighted by Gasteiger charge is -2.03. The van der Waals surface area contributed by atoms with E-state index >= 15 is 0 Å². The molecule has 86 valence electrons. The number of nitrogens with zero attached hydrogens (tertiary/aromatic N) is 1. The van der Waals surface area contributed by atoms with Gasteiger partial charge in [0.1, 0.15) is 5.82 Å². The number of halogens is 1. The maximum atomic E-state index is 11.6. The van der Waals surface area contributed by atoms with Crippen LogP contribution >= 0.6 is 15.9 Å². The van der Waals surface area contributed by atoms with Gasteiger partial charge in [0.2, 0.25) is 0 Å². The van der Waals surface area contributed by atoms with Gasteiger partial charge in [-0.1, -0.05) is 28.1 Å². The van der Waals surface area contributed by atoms with E-state index in [1.54, 1.807) is 6.07 Å². The summed E-state index contributed by atoms with van der Waals surface area (Å²) in [6.07, 6.45) is 2.26. The van der Waals surface area contributed by atoms with E-state index in [1.807, 2.05) is 24.3 Å². The highest BCUT2D eigenvalue weighted by molar-refractivity contribution is 9.10. The van der Waals surface area contributed by atoms with Crippen LogP contribution in [0.25, 0.3) is 11.3 Å². The number of H-pyrrole nitrogens is 1. The molecular formula is C13H11BrN2O. The number of hydrogen-bond acceptors (Lipinski definition) is 2. The summed E-state index contributed by atoms with van der Waals surface area (Å²) in [5.41, 5.74) is 1.66. The Labute approximate surface area is 107 Å². The van der Waals surface area contributed by atoms with E-state index in [0.29, 0.717) is 5.92 Å². The zero-order valence-electron chi connectivity index (χ0n) is 9.11. The summed E-state index contributed by atoms with van der Waals surface area (Å²) >= 11 is 3.39. The second-order valence-corrected chi connectivity index (χ2v) is 5.21. The van der Waals surface area contributed by atoms with Crippen molar-refractivity contribution in [2.45, 2.75) is 18.8 Å². The Kier molecular flexibility index (Phi) is 2.59. The fourth-order valence-corrected chi connectivity index (χ4v) is 2.06. The minimum absolute atomic E-state index is 0.0696. The molecule has 1 N–H and O–H groups in total. The van der Waals surface area contributed by atoms with E-state index in [9.17, 15) is 4.79 Å². The SMILES string of the molecule is O=c1cc(-c2ccc(Br)cc2)nc(C2CC2)[nH]1. The summed E-state index contributed by atoms with van der Waals surface area (Å²) in [5, 5.41) is 0. The fraction of sp³-hybridized carbons (Fsp3) is 0.231. The van der Waals surface area contributed by atoms with Crippen molar-refractivity contribution in [2.75, 3.05) is 0 Å². The molecule has 0 bridgehead atoms. The predicted octanol–water partition coefficient (Wildman–Crippen LogP) is 3.08. The number of nitrogens with one attached hydrogen (secondary N) is 1. The minimum Gasteiger partial charge on any atom is -0.310 e. The molecule has 3 rings (SSSR count). The molecule has 0 spiro atoms. The predicted molar refractivity (Wildman–Crippen MR) is 70.0 cm³/mol. The molecule has 1 aromatic heterocycles. The molecule has 0 amide bonds. The molecular weight excluding hydrogens is 280 g/mol. The number of aromatic amines is 1. The Morgan fingerprint density at radius 2 is 1.94 bits per heavy atom. The van der Waals surface area contributed by atoms with Crippen molar-refractivity contribution in [3.63, 3.8) is 0 Å². The van der Waals surface area contributed by atoms with Gasteiger partial charge in [0, 0.05) is 22.0 Å². The summed E-state index contributed by atoms with van der Waals surface area (Å²) in [5.74, 6) is 1.29. The van der Waals surface area contributed by atoms with Crippen molar-refractivity contribution in [1.29, 1.82) is 0 Å². The van der Waals surface area contributed by atoms with Gasteiger partial charge >= 0.3 is 0 Å². The fourth-order valence-electron chi connectivity index (χ4n) is 1.80. The second-order valence-electron chi connectivity index (χ2n) is 4.30. The van der Waals surface area contributed by atoms with Gasteiger partial charge in [-0.05, 0) is 25.0 Å². The van der Waals surface area contributed by atoms with Crippen molar-refractivity contribution in [2.24, 2.45) is 0 Å². The monoisotopic (exact) mass is 290 g/mol. The number of benzene rings is 1. The van der Waals surface area contributed by atoms with E-state index in [4.69, 9.17) is 0 Å². The third kappa shape index (κ3) is 2.31. The Morgan fingerprint density at radius 1 is 1.24 bits per heavy atom. The summed E-state index contributed by atoms with van der Waals surface area (Å²) in [4.78, 5) is 18.9. The third-order valence-corrected chi connectivity index (χ3v) is 3.39. The highest BCUT2D eigenvalue weighted by atomic mass is 79.9. The largest absolute Gasteiger partial charge is 0.310 e. The van der Waals surface area contributed by atoms with Crippen LogP contribution in [0.1, 0.15) is 24.6 Å². The first-order valence-electron chi connectivity index (χ1n) is 5.59. The zero-order valence-corrected chi connectivity index (χ0v) is 10.7. The Bertz CT molecular complexity index is 600. The van der Waals surface area contributed by atoms with Gasteiger partial charge in [0.05, 0.1) is 5.69 Å². The van der Waals surface area contributed by atoms with Gasteiger partial charge in [-0.25, -0.2) is 4.98 Å². The van der Waals surface area contributed by atoms with E-state index in [-0.39, 0.29) is 5.56 Å². The maximum Gasteiger partial charge on any atom is 0.251 e. The average molecular weight is 291 g/mol. The Balaban J connectivity index is 2.07. The molecule has 1 saturated carbocycles. The molecule has 0 saturated heterocycles. The van der Waals surface area contributed by atoms with Crippen molar-refractivity contribution >= 4 is 15.9 Å². The molecule has 4 heteroatoms. The number of hydrogen-bond donors (Lipinski definition) is 1. The smallest absolute Gasteiger partial charge is 0.251 e. The normalized spacial score (nSPS) is 14.9. The molecule has 1 heterocycles. The quantitative estimate of drug-likeness (QED) is 0.924. The summed E-state index contributed by atoms with van der Waals surface area (Å²) in [6, 6.07) is 9.38. The van der Waals surface area contributed by atoms with Crippen LogP contribution < -0.4 is 5.56 Å². The molecule has 1 fully saturated rings. The third-order valence-electron chi connectivity index (χ3n) is 2.86. The van der Waals surface area contributed by atoms with E-state index in [1.165, 1.54) is 0 Å². The first-order chi connectivity index (χ1) is 8.22. The summed E-state index contributed by atoms with van der Waals surface area (Å²) < 4.78 is 1.02. The lowest BCUT2D eigenvalue weighted by molar-refractivity contribution is 0.912. The van der Waals surface area contributed by atoms with Gasteiger partial charge in [-0.2, -0.15) is 0 Å². The topological polar surface area (TPSA) is 45.8 Å². The second kappa shape index (κ2) is 4.11. The van der Waals surface area contributed by atoms with Crippen LogP contribution in [0, 0.1) is 0 Å². The van der Waals surface area contributed by atoms with Crippen LogP contribution in [-0.2, 0) is 0 Å². The molecule has 0 aliphatic heterocycles. The van der Waals surface area contributed by atoms with Gasteiger partial charge in [0.15, 0.2) is 0 Å². The van der Waals surface area contributed by atoms with Gasteiger partial charge in [0.25, 0.3) is 5.56 Å². The van der Waals surface area contributed by atoms with E-state index < -0.39 is 0 Å².